The van der Waals surface area contributed by atoms with Crippen LogP contribution in [0, 0.1) is 17.0 Å². The SMILES string of the molecule is CCOC(=O)COc1ccc(C23CC(C(F)(F)C(O)(Cn4cnnn4)c4ccc(F)cc4F)(C2)C3)cc1. The van der Waals surface area contributed by atoms with E-state index in [0.29, 0.717) is 11.8 Å². The summed E-state index contributed by atoms with van der Waals surface area (Å²) in [6, 6.07) is 8.95. The number of ether oxygens (including phenoxy) is 2. The van der Waals surface area contributed by atoms with Crippen LogP contribution in [0.3, 0.4) is 0 Å². The van der Waals surface area contributed by atoms with Gasteiger partial charge in [-0.3, -0.25) is 0 Å². The molecule has 1 atom stereocenters. The van der Waals surface area contributed by atoms with E-state index in [4.69, 9.17) is 9.47 Å². The average Bonchev–Trinajstić information content (AvgIpc) is 3.29. The molecular formula is C25H24F4N4O4. The van der Waals surface area contributed by atoms with Crippen molar-refractivity contribution in [2.45, 2.75) is 49.7 Å². The first-order chi connectivity index (χ1) is 17.5. The number of nitrogens with zero attached hydrogens (tertiary/aromatic N) is 4. The van der Waals surface area contributed by atoms with Gasteiger partial charge in [-0.15, -0.1) is 5.10 Å². The predicted octanol–water partition coefficient (Wildman–Crippen LogP) is 3.54. The average molecular weight is 520 g/mol. The summed E-state index contributed by atoms with van der Waals surface area (Å²) in [5.74, 6) is -6.09. The molecule has 2 bridgehead atoms. The van der Waals surface area contributed by atoms with Gasteiger partial charge < -0.3 is 14.6 Å². The quantitative estimate of drug-likeness (QED) is 0.323. The highest BCUT2D eigenvalue weighted by Crippen LogP contribution is 2.80. The lowest BCUT2D eigenvalue weighted by molar-refractivity contribution is -0.347. The Bertz CT molecular complexity index is 1280. The molecule has 3 aliphatic carbocycles. The molecule has 196 valence electrons. The number of aliphatic hydroxyl groups is 1. The number of aromatic nitrogens is 4. The van der Waals surface area contributed by atoms with E-state index in [0.717, 1.165) is 28.7 Å². The third-order valence-corrected chi connectivity index (χ3v) is 7.50. The number of carbonyl (C=O) groups is 1. The lowest BCUT2D eigenvalue weighted by atomic mass is 9.30. The van der Waals surface area contributed by atoms with Crippen molar-refractivity contribution in [3.8, 4) is 5.75 Å². The van der Waals surface area contributed by atoms with Crippen molar-refractivity contribution in [1.29, 1.82) is 0 Å². The molecule has 8 nitrogen and oxygen atoms in total. The standard InChI is InChI=1S/C25H24F4N4O4/c1-2-36-21(34)10-37-18-6-3-16(4-7-18)22-11-23(12-22,13-22)25(28,29)24(35,14-33-15-30-31-32-33)19-8-5-17(26)9-20(19)27/h3-9,15,35H,2,10-14H2,1H3. The maximum absolute atomic E-state index is 16.2. The first-order valence-corrected chi connectivity index (χ1v) is 11.7. The number of alkyl halides is 2. The maximum Gasteiger partial charge on any atom is 0.344 e. The Kier molecular flexibility index (Phi) is 5.97. The van der Waals surface area contributed by atoms with Crippen LogP contribution in [0.4, 0.5) is 17.6 Å². The second kappa shape index (κ2) is 8.79. The Labute approximate surface area is 209 Å². The molecule has 0 aliphatic heterocycles. The number of esters is 1. The van der Waals surface area contributed by atoms with Gasteiger partial charge in [-0.1, -0.05) is 12.1 Å². The van der Waals surface area contributed by atoms with E-state index >= 15 is 8.78 Å². The Hall–Kier alpha value is -3.54. The summed E-state index contributed by atoms with van der Waals surface area (Å²) in [6.07, 6.45) is 1.24. The van der Waals surface area contributed by atoms with Crippen molar-refractivity contribution < 1.29 is 36.9 Å². The highest BCUT2D eigenvalue weighted by atomic mass is 19.3. The molecular weight excluding hydrogens is 496 g/mol. The Morgan fingerprint density at radius 1 is 1.14 bits per heavy atom. The van der Waals surface area contributed by atoms with Crippen LogP contribution in [0.5, 0.6) is 5.75 Å². The lowest BCUT2D eigenvalue weighted by Crippen LogP contribution is -2.76. The van der Waals surface area contributed by atoms with Crippen molar-refractivity contribution in [3.63, 3.8) is 0 Å². The van der Waals surface area contributed by atoms with Crippen molar-refractivity contribution in [2.75, 3.05) is 13.2 Å². The minimum atomic E-state index is -3.80. The van der Waals surface area contributed by atoms with Crippen LogP contribution in [0.15, 0.2) is 48.8 Å². The highest BCUT2D eigenvalue weighted by molar-refractivity contribution is 5.71. The third-order valence-electron chi connectivity index (χ3n) is 7.50. The van der Waals surface area contributed by atoms with E-state index in [1.165, 1.54) is 0 Å². The highest BCUT2D eigenvalue weighted by Gasteiger charge is 2.82. The molecule has 37 heavy (non-hydrogen) atoms. The molecule has 3 saturated carbocycles. The van der Waals surface area contributed by atoms with E-state index in [2.05, 4.69) is 15.5 Å². The normalized spacial score (nSPS) is 23.9. The van der Waals surface area contributed by atoms with Crippen LogP contribution in [0.2, 0.25) is 0 Å². The van der Waals surface area contributed by atoms with E-state index in [-0.39, 0.29) is 32.5 Å². The van der Waals surface area contributed by atoms with Crippen molar-refractivity contribution in [2.24, 2.45) is 5.41 Å². The summed E-state index contributed by atoms with van der Waals surface area (Å²) in [7, 11) is 0. The van der Waals surface area contributed by atoms with Crippen molar-refractivity contribution in [3.05, 3.63) is 71.6 Å². The van der Waals surface area contributed by atoms with E-state index < -0.39 is 52.1 Å². The molecule has 2 aromatic carbocycles. The summed E-state index contributed by atoms with van der Waals surface area (Å²) in [4.78, 5) is 11.5. The van der Waals surface area contributed by atoms with E-state index in [1.807, 2.05) is 0 Å². The Balaban J connectivity index is 1.36. The zero-order chi connectivity index (χ0) is 26.5. The number of hydrogen-bond acceptors (Lipinski definition) is 7. The second-order valence-corrected chi connectivity index (χ2v) is 9.78. The number of halogens is 4. The smallest absolute Gasteiger partial charge is 0.344 e. The molecule has 0 radical (unpaired) electrons. The minimum Gasteiger partial charge on any atom is -0.482 e. The largest absolute Gasteiger partial charge is 0.482 e. The van der Waals surface area contributed by atoms with Gasteiger partial charge in [0, 0.05) is 17.0 Å². The van der Waals surface area contributed by atoms with Crippen LogP contribution in [0.1, 0.15) is 37.3 Å². The number of rotatable bonds is 10. The molecule has 3 aliphatic rings. The second-order valence-electron chi connectivity index (χ2n) is 9.78. The predicted molar refractivity (Wildman–Crippen MR) is 120 cm³/mol. The molecule has 1 aromatic heterocycles. The van der Waals surface area contributed by atoms with Crippen LogP contribution in [0.25, 0.3) is 0 Å². The first-order valence-electron chi connectivity index (χ1n) is 11.7. The zero-order valence-corrected chi connectivity index (χ0v) is 19.8. The first kappa shape index (κ1) is 25.1. The van der Waals surface area contributed by atoms with Gasteiger partial charge in [-0.2, -0.15) is 0 Å². The summed E-state index contributed by atoms with van der Waals surface area (Å²) in [5, 5.41) is 21.8. The van der Waals surface area contributed by atoms with Crippen molar-refractivity contribution >= 4 is 5.97 Å². The van der Waals surface area contributed by atoms with E-state index in [9.17, 15) is 18.7 Å². The molecule has 3 aromatic rings. The molecule has 1 heterocycles. The fraction of sp³-hybridized carbons (Fsp3) is 0.440. The molecule has 1 N–H and O–H groups in total. The van der Waals surface area contributed by atoms with Gasteiger partial charge in [-0.25, -0.2) is 27.0 Å². The molecule has 0 spiro atoms. The van der Waals surface area contributed by atoms with Crippen LogP contribution in [-0.4, -0.2) is 50.4 Å². The number of tetrazole rings is 1. The summed E-state index contributed by atoms with van der Waals surface area (Å²) in [5.41, 5.74) is -5.03. The monoisotopic (exact) mass is 520 g/mol. The van der Waals surface area contributed by atoms with Gasteiger partial charge in [0.2, 0.25) is 0 Å². The van der Waals surface area contributed by atoms with Crippen LogP contribution in [-0.2, 0) is 27.1 Å². The fourth-order valence-corrected chi connectivity index (χ4v) is 5.78. The van der Waals surface area contributed by atoms with Gasteiger partial charge in [-0.05, 0) is 71.9 Å². The lowest BCUT2D eigenvalue weighted by Gasteiger charge is -2.74. The van der Waals surface area contributed by atoms with Gasteiger partial charge in [0.1, 0.15) is 23.7 Å². The summed E-state index contributed by atoms with van der Waals surface area (Å²) >= 11 is 0. The Morgan fingerprint density at radius 2 is 1.84 bits per heavy atom. The fourth-order valence-electron chi connectivity index (χ4n) is 5.78. The minimum absolute atomic E-state index is 0.0662. The molecule has 0 saturated heterocycles. The molecule has 1 unspecified atom stereocenters. The van der Waals surface area contributed by atoms with Crippen LogP contribution >= 0.6 is 0 Å². The topological polar surface area (TPSA) is 99.4 Å². The molecule has 3 fully saturated rings. The number of benzene rings is 2. The zero-order valence-electron chi connectivity index (χ0n) is 19.8. The van der Waals surface area contributed by atoms with Gasteiger partial charge >= 0.3 is 5.97 Å². The number of carbonyl (C=O) groups excluding carboxylic acids is 1. The van der Waals surface area contributed by atoms with Crippen molar-refractivity contribution in [1.82, 2.24) is 20.2 Å². The Morgan fingerprint density at radius 3 is 2.43 bits per heavy atom. The van der Waals surface area contributed by atoms with E-state index in [1.54, 1.807) is 31.2 Å². The third kappa shape index (κ3) is 3.94. The molecule has 6 rings (SSSR count). The summed E-state index contributed by atoms with van der Waals surface area (Å²) < 4.78 is 71.8. The van der Waals surface area contributed by atoms with Gasteiger partial charge in [0.05, 0.1) is 13.2 Å². The molecule has 0 amide bonds. The maximum atomic E-state index is 16.2. The van der Waals surface area contributed by atoms with Crippen LogP contribution < -0.4 is 4.74 Å². The number of hydrogen-bond donors (Lipinski definition) is 1. The van der Waals surface area contributed by atoms with Gasteiger partial charge in [0.25, 0.3) is 5.92 Å². The van der Waals surface area contributed by atoms with Gasteiger partial charge in [0.15, 0.2) is 12.2 Å². The molecule has 12 heteroatoms. The summed E-state index contributed by atoms with van der Waals surface area (Å²) in [6.45, 7) is 0.870.